The minimum atomic E-state index is -1.09. The van der Waals surface area contributed by atoms with Crippen molar-refractivity contribution in [1.29, 1.82) is 0 Å². The molecule has 0 heterocycles. The van der Waals surface area contributed by atoms with E-state index in [9.17, 15) is 9.90 Å². The summed E-state index contributed by atoms with van der Waals surface area (Å²) in [5.74, 6) is -1.09. The molecule has 3 heteroatoms. The maximum Gasteiger partial charge on any atom is 0.358 e. The molecular formula is C14H11IO2. The summed E-state index contributed by atoms with van der Waals surface area (Å²) in [7, 11) is 0. The second-order valence-electron chi connectivity index (χ2n) is 3.66. The summed E-state index contributed by atoms with van der Waals surface area (Å²) >= 11 is -0.464. The number of carboxylic acids is 1. The van der Waals surface area contributed by atoms with Gasteiger partial charge in [-0.3, -0.25) is 0 Å². The van der Waals surface area contributed by atoms with Crippen molar-refractivity contribution in [3.05, 3.63) is 66.8 Å². The summed E-state index contributed by atoms with van der Waals surface area (Å²) in [5.41, 5.74) is 1.41. The van der Waals surface area contributed by atoms with Crippen molar-refractivity contribution >= 4 is 5.97 Å². The quantitative estimate of drug-likeness (QED) is 0.639. The van der Waals surface area contributed by atoms with Gasteiger partial charge in [-0.1, -0.05) is 24.3 Å². The van der Waals surface area contributed by atoms with Gasteiger partial charge in [0.25, 0.3) is 0 Å². The van der Waals surface area contributed by atoms with Crippen molar-refractivity contribution in [2.45, 2.75) is 6.92 Å². The molecule has 0 atom stereocenters. The zero-order chi connectivity index (χ0) is 12.3. The van der Waals surface area contributed by atoms with Gasteiger partial charge >= 0.3 is 21.2 Å². The van der Waals surface area contributed by atoms with Crippen LogP contribution in [0.5, 0.6) is 0 Å². The first-order chi connectivity index (χ1) is 8.16. The second kappa shape index (κ2) is 5.31. The molecule has 0 unspecified atom stereocenters. The van der Waals surface area contributed by atoms with E-state index in [2.05, 4.69) is 0 Å². The highest BCUT2D eigenvalue weighted by atomic mass is 127. The van der Waals surface area contributed by atoms with Crippen molar-refractivity contribution in [3.63, 3.8) is 0 Å². The summed E-state index contributed by atoms with van der Waals surface area (Å²) < 4.78 is 2.12. The number of hydrogen-bond acceptors (Lipinski definition) is 2. The molecule has 0 aromatic heterocycles. The first-order valence-electron chi connectivity index (χ1n) is 5.18. The van der Waals surface area contributed by atoms with Crippen LogP contribution in [-0.2, 0) is 0 Å². The fraction of sp³-hybridized carbons (Fsp3) is 0.0714. The Labute approximate surface area is 111 Å². The van der Waals surface area contributed by atoms with Crippen LogP contribution >= 0.6 is 0 Å². The molecule has 0 fully saturated rings. The Hall–Kier alpha value is -1.36. The fourth-order valence-electron chi connectivity index (χ4n) is 1.46. The number of rotatable bonds is 3. The van der Waals surface area contributed by atoms with E-state index in [1.54, 1.807) is 6.07 Å². The topological polar surface area (TPSA) is 40.1 Å². The third kappa shape index (κ3) is 3.06. The maximum atomic E-state index is 11.0. The average Bonchev–Trinajstić information content (AvgIpc) is 2.30. The van der Waals surface area contributed by atoms with Gasteiger partial charge in [-0.15, -0.1) is 0 Å². The van der Waals surface area contributed by atoms with Gasteiger partial charge in [-0.05, 0) is 36.8 Å². The van der Waals surface area contributed by atoms with Gasteiger partial charge < -0.3 is 9.90 Å². The van der Waals surface area contributed by atoms with Crippen molar-refractivity contribution in [1.82, 2.24) is 0 Å². The third-order valence-electron chi connectivity index (χ3n) is 2.29. The summed E-state index contributed by atoms with van der Waals surface area (Å²) in [6.07, 6.45) is 0. The van der Waals surface area contributed by atoms with Gasteiger partial charge in [-0.2, -0.15) is 0 Å². The number of carbonyl (C=O) groups is 1. The molecular weight excluding hydrogens is 327 g/mol. The highest BCUT2D eigenvalue weighted by Gasteiger charge is 2.20. The van der Waals surface area contributed by atoms with Gasteiger partial charge in [-0.25, -0.2) is 0 Å². The van der Waals surface area contributed by atoms with Crippen LogP contribution in [0.2, 0.25) is 0 Å². The molecule has 0 aliphatic rings. The van der Waals surface area contributed by atoms with E-state index in [4.69, 9.17) is 0 Å². The van der Waals surface area contributed by atoms with Crippen LogP contribution in [-0.4, -0.2) is 5.97 Å². The molecule has 2 nitrogen and oxygen atoms in total. The Morgan fingerprint density at radius 3 is 2.47 bits per heavy atom. The minimum absolute atomic E-state index is 0.326. The molecule has 0 amide bonds. The first kappa shape index (κ1) is 12.1. The van der Waals surface area contributed by atoms with Gasteiger partial charge in [0.15, 0.2) is 3.57 Å². The SMILES string of the molecule is Cc1ccc(C(=O)[O-])c([I+]c2ccccc2)c1. The van der Waals surface area contributed by atoms with E-state index in [1.807, 2.05) is 49.4 Å². The van der Waals surface area contributed by atoms with Crippen molar-refractivity contribution < 1.29 is 31.1 Å². The highest BCUT2D eigenvalue weighted by molar-refractivity contribution is 5.85. The Morgan fingerprint density at radius 1 is 1.12 bits per heavy atom. The molecule has 0 aliphatic carbocycles. The van der Waals surface area contributed by atoms with Crippen LogP contribution in [0.25, 0.3) is 0 Å². The van der Waals surface area contributed by atoms with Crippen molar-refractivity contribution in [2.24, 2.45) is 0 Å². The number of aromatic carboxylic acids is 1. The molecule has 0 spiro atoms. The Kier molecular flexibility index (Phi) is 3.78. The molecule has 2 rings (SSSR count). The second-order valence-corrected chi connectivity index (χ2v) is 6.61. The molecule has 0 aliphatic heterocycles. The number of hydrogen-bond donors (Lipinski definition) is 0. The normalized spacial score (nSPS) is 10.2. The number of benzene rings is 2. The van der Waals surface area contributed by atoms with E-state index in [1.165, 1.54) is 3.57 Å². The first-order valence-corrected chi connectivity index (χ1v) is 7.34. The molecule has 17 heavy (non-hydrogen) atoms. The maximum absolute atomic E-state index is 11.0. The van der Waals surface area contributed by atoms with Crippen molar-refractivity contribution in [3.8, 4) is 0 Å². The largest absolute Gasteiger partial charge is 0.545 e. The van der Waals surface area contributed by atoms with Gasteiger partial charge in [0, 0.05) is 0 Å². The predicted octanol–water partition coefficient (Wildman–Crippen LogP) is -1.51. The lowest BCUT2D eigenvalue weighted by Crippen LogP contribution is -3.61. The summed E-state index contributed by atoms with van der Waals surface area (Å²) in [5, 5.41) is 11.0. The zero-order valence-electron chi connectivity index (χ0n) is 9.31. The van der Waals surface area contributed by atoms with Gasteiger partial charge in [0.05, 0.1) is 11.5 Å². The van der Waals surface area contributed by atoms with E-state index >= 15 is 0 Å². The van der Waals surface area contributed by atoms with Crippen LogP contribution in [0.1, 0.15) is 15.9 Å². The van der Waals surface area contributed by atoms with E-state index in [0.717, 1.165) is 9.13 Å². The summed E-state index contributed by atoms with van der Waals surface area (Å²) in [6.45, 7) is 1.97. The summed E-state index contributed by atoms with van der Waals surface area (Å²) in [6, 6.07) is 15.4. The van der Waals surface area contributed by atoms with Crippen LogP contribution in [0.3, 0.4) is 0 Å². The highest BCUT2D eigenvalue weighted by Crippen LogP contribution is 2.02. The fourth-order valence-corrected chi connectivity index (χ4v) is 4.24. The van der Waals surface area contributed by atoms with Crippen molar-refractivity contribution in [2.75, 3.05) is 0 Å². The lowest BCUT2D eigenvalue weighted by molar-refractivity contribution is -0.598. The summed E-state index contributed by atoms with van der Waals surface area (Å²) in [4.78, 5) is 11.0. The van der Waals surface area contributed by atoms with E-state index in [0.29, 0.717) is 5.56 Å². The predicted molar refractivity (Wildman–Crippen MR) is 59.3 cm³/mol. The van der Waals surface area contributed by atoms with Crippen LogP contribution in [0.15, 0.2) is 48.5 Å². The molecule has 86 valence electrons. The van der Waals surface area contributed by atoms with E-state index < -0.39 is 27.2 Å². The standard InChI is InChI=1S/C14H11IO2/c1-10-7-8-12(14(16)17)13(9-10)15-11-5-3-2-4-6-11/h2-9H,1H3. The Bertz CT molecular complexity index is 535. The average molecular weight is 338 g/mol. The number of carboxylic acid groups (broad SMARTS) is 1. The third-order valence-corrected chi connectivity index (χ3v) is 5.10. The van der Waals surface area contributed by atoms with Gasteiger partial charge in [0.2, 0.25) is 3.57 Å². The lowest BCUT2D eigenvalue weighted by Gasteiger charge is -2.02. The minimum Gasteiger partial charge on any atom is -0.545 e. The lowest BCUT2D eigenvalue weighted by atomic mass is 10.2. The number of halogens is 1. The monoisotopic (exact) mass is 338 g/mol. The molecule has 0 saturated heterocycles. The smallest absolute Gasteiger partial charge is 0.358 e. The Balaban J connectivity index is 2.37. The molecule has 0 saturated carbocycles. The van der Waals surface area contributed by atoms with Gasteiger partial charge in [0.1, 0.15) is 0 Å². The Morgan fingerprint density at radius 2 is 1.82 bits per heavy atom. The van der Waals surface area contributed by atoms with Crippen LogP contribution in [0, 0.1) is 14.1 Å². The molecule has 0 radical (unpaired) electrons. The molecule has 2 aromatic rings. The number of carbonyl (C=O) groups excluding carboxylic acids is 1. The zero-order valence-corrected chi connectivity index (χ0v) is 11.5. The van der Waals surface area contributed by atoms with Crippen LogP contribution < -0.4 is 26.3 Å². The van der Waals surface area contributed by atoms with E-state index in [-0.39, 0.29) is 0 Å². The number of aryl methyl sites for hydroxylation is 1. The van der Waals surface area contributed by atoms with Crippen LogP contribution in [0.4, 0.5) is 0 Å². The molecule has 0 bridgehead atoms. The molecule has 0 N–H and O–H groups in total. The molecule has 2 aromatic carbocycles.